The largest absolute Gasteiger partial charge is 0.374 e. The number of amides is 1. The van der Waals surface area contributed by atoms with Gasteiger partial charge in [-0.2, -0.15) is 10.2 Å². The lowest BCUT2D eigenvalue weighted by atomic mass is 9.73. The molecule has 3 aromatic heterocycles. The summed E-state index contributed by atoms with van der Waals surface area (Å²) < 4.78 is 37.0. The van der Waals surface area contributed by atoms with Crippen molar-refractivity contribution in [3.63, 3.8) is 0 Å². The fourth-order valence-corrected chi connectivity index (χ4v) is 7.90. The van der Waals surface area contributed by atoms with Gasteiger partial charge in [-0.15, -0.1) is 0 Å². The molecule has 4 saturated heterocycles. The first-order valence-corrected chi connectivity index (χ1v) is 15.8. The van der Waals surface area contributed by atoms with Gasteiger partial charge in [0.2, 0.25) is 0 Å². The lowest BCUT2D eigenvalue weighted by Crippen LogP contribution is -2.58. The van der Waals surface area contributed by atoms with Crippen molar-refractivity contribution in [2.24, 2.45) is 11.3 Å². The second-order valence-corrected chi connectivity index (χ2v) is 13.4. The molecule has 0 unspecified atom stereocenters. The van der Waals surface area contributed by atoms with Gasteiger partial charge in [0.15, 0.2) is 11.3 Å². The van der Waals surface area contributed by atoms with Gasteiger partial charge < -0.3 is 25.2 Å². The number of ether oxygens (including phenoxy) is 1. The number of likely N-dealkylation sites (tertiary alicyclic amines) is 1. The standard InChI is InChI=1S/C30H39F2N9O2/c31-27(32)26-24(15-41(37-26)20-3-1-19(2-4-20)13-38-9-6-30(7-10-38)17-33-18-30)35-29(42)23-12-34-40-8-5-25(36-28(23)40)39-14-22-11-21(39)16-43-22/h5,8,12,15,19-22,27,33H,1-4,6-7,9-11,13-14,16-18H2,(H,35,42)/t19?,20?,21-,22-/m1/s1. The van der Waals surface area contributed by atoms with Crippen LogP contribution in [-0.2, 0) is 4.74 Å². The Morgan fingerprint density at radius 1 is 1.16 bits per heavy atom. The third-order valence-electron chi connectivity index (χ3n) is 10.6. The number of alkyl halides is 2. The van der Waals surface area contributed by atoms with E-state index in [0.29, 0.717) is 23.6 Å². The van der Waals surface area contributed by atoms with Crippen LogP contribution < -0.4 is 15.5 Å². The van der Waals surface area contributed by atoms with E-state index in [4.69, 9.17) is 9.72 Å². The van der Waals surface area contributed by atoms with Gasteiger partial charge in [-0.1, -0.05) is 0 Å². The summed E-state index contributed by atoms with van der Waals surface area (Å²) >= 11 is 0. The van der Waals surface area contributed by atoms with E-state index >= 15 is 0 Å². The zero-order chi connectivity index (χ0) is 29.1. The van der Waals surface area contributed by atoms with Gasteiger partial charge in [-0.25, -0.2) is 18.3 Å². The average Bonchev–Trinajstić information content (AvgIpc) is 3.80. The molecule has 230 valence electrons. The molecule has 13 heteroatoms. The predicted molar refractivity (Wildman–Crippen MR) is 156 cm³/mol. The van der Waals surface area contributed by atoms with Crippen molar-refractivity contribution in [3.05, 3.63) is 35.9 Å². The van der Waals surface area contributed by atoms with Crippen LogP contribution in [0, 0.1) is 11.3 Å². The van der Waals surface area contributed by atoms with Crippen LogP contribution in [0.1, 0.15) is 73.5 Å². The van der Waals surface area contributed by atoms with Gasteiger partial charge in [-0.05, 0) is 75.4 Å². The first-order valence-electron chi connectivity index (χ1n) is 15.8. The summed E-state index contributed by atoms with van der Waals surface area (Å²) in [6.45, 7) is 7.26. The number of carbonyl (C=O) groups is 1. The molecule has 43 heavy (non-hydrogen) atoms. The highest BCUT2D eigenvalue weighted by Gasteiger charge is 2.41. The van der Waals surface area contributed by atoms with Gasteiger partial charge in [0.25, 0.3) is 12.3 Å². The molecular formula is C30H39F2N9O2. The van der Waals surface area contributed by atoms with E-state index in [9.17, 15) is 13.6 Å². The molecule has 1 amide bonds. The maximum absolute atomic E-state index is 14.1. The van der Waals surface area contributed by atoms with E-state index in [0.717, 1.165) is 51.0 Å². The number of nitrogens with one attached hydrogen (secondary N) is 2. The minimum Gasteiger partial charge on any atom is -0.374 e. The summed E-state index contributed by atoms with van der Waals surface area (Å²) in [6.07, 6.45) is 9.64. The van der Waals surface area contributed by atoms with Crippen molar-refractivity contribution in [2.75, 3.05) is 56.1 Å². The number of aromatic nitrogens is 5. The highest BCUT2D eigenvalue weighted by molar-refractivity contribution is 6.08. The van der Waals surface area contributed by atoms with E-state index in [2.05, 4.69) is 30.6 Å². The Balaban J connectivity index is 0.926. The highest BCUT2D eigenvalue weighted by Crippen LogP contribution is 2.38. The Bertz CT molecular complexity index is 1490. The topological polar surface area (TPSA) is 105 Å². The first-order chi connectivity index (χ1) is 20.9. The van der Waals surface area contributed by atoms with Gasteiger partial charge in [0.05, 0.1) is 36.7 Å². The van der Waals surface area contributed by atoms with Crippen LogP contribution in [0.15, 0.2) is 24.7 Å². The van der Waals surface area contributed by atoms with Crippen molar-refractivity contribution in [3.8, 4) is 0 Å². The molecule has 0 radical (unpaired) electrons. The Morgan fingerprint density at radius 2 is 1.98 bits per heavy atom. The number of rotatable bonds is 7. The number of nitrogens with zero attached hydrogens (tertiary/aromatic N) is 7. The molecule has 2 atom stereocenters. The van der Waals surface area contributed by atoms with E-state index in [-0.39, 0.29) is 29.4 Å². The van der Waals surface area contributed by atoms with Gasteiger partial charge in [0.1, 0.15) is 11.4 Å². The molecule has 2 bridgehead atoms. The van der Waals surface area contributed by atoms with Crippen molar-refractivity contribution in [1.29, 1.82) is 0 Å². The molecule has 1 aliphatic carbocycles. The second-order valence-electron chi connectivity index (χ2n) is 13.4. The number of piperidine rings is 1. The molecule has 1 spiro atoms. The van der Waals surface area contributed by atoms with Crippen LogP contribution >= 0.6 is 0 Å². The molecule has 1 saturated carbocycles. The Kier molecular flexibility index (Phi) is 6.86. The minimum absolute atomic E-state index is 0.0411. The van der Waals surface area contributed by atoms with Crippen molar-refractivity contribution in [1.82, 2.24) is 34.6 Å². The maximum Gasteiger partial charge on any atom is 0.284 e. The zero-order valence-corrected chi connectivity index (χ0v) is 24.3. The van der Waals surface area contributed by atoms with Crippen molar-refractivity contribution >= 4 is 23.1 Å². The van der Waals surface area contributed by atoms with Crippen LogP contribution in [-0.4, -0.2) is 93.2 Å². The predicted octanol–water partition coefficient (Wildman–Crippen LogP) is 3.51. The van der Waals surface area contributed by atoms with Crippen LogP contribution in [0.4, 0.5) is 20.3 Å². The number of hydrogen-bond donors (Lipinski definition) is 2. The number of anilines is 2. The summed E-state index contributed by atoms with van der Waals surface area (Å²) in [5, 5.41) is 14.7. The average molecular weight is 596 g/mol. The van der Waals surface area contributed by atoms with Crippen molar-refractivity contribution < 1.29 is 18.3 Å². The molecular weight excluding hydrogens is 556 g/mol. The molecule has 0 aromatic carbocycles. The van der Waals surface area contributed by atoms with Gasteiger partial charge in [-0.3, -0.25) is 9.48 Å². The van der Waals surface area contributed by atoms with E-state index in [1.54, 1.807) is 17.1 Å². The number of hydrogen-bond acceptors (Lipinski definition) is 8. The van der Waals surface area contributed by atoms with Crippen LogP contribution in [0.3, 0.4) is 0 Å². The number of morpholine rings is 1. The Labute approximate surface area is 248 Å². The fraction of sp³-hybridized carbons (Fsp3) is 0.667. The molecule has 5 aliphatic rings. The maximum atomic E-state index is 14.1. The molecule has 5 fully saturated rings. The fourth-order valence-electron chi connectivity index (χ4n) is 7.90. The highest BCUT2D eigenvalue weighted by atomic mass is 19.3. The third kappa shape index (κ3) is 5.08. The van der Waals surface area contributed by atoms with Gasteiger partial charge in [0, 0.05) is 38.6 Å². The summed E-state index contributed by atoms with van der Waals surface area (Å²) in [5.41, 5.74) is 0.808. The Morgan fingerprint density at radius 3 is 2.65 bits per heavy atom. The molecule has 8 rings (SSSR count). The lowest BCUT2D eigenvalue weighted by Gasteiger charge is -2.49. The molecule has 2 N–H and O–H groups in total. The number of halogens is 2. The second kappa shape index (κ2) is 10.8. The smallest absolute Gasteiger partial charge is 0.284 e. The SMILES string of the molecule is O=C(Nc1cn(C2CCC(CN3CCC4(CC3)CNC4)CC2)nc1C(F)F)c1cnn2ccc(N3C[C@H]4C[C@@H]3CO4)nc12. The van der Waals surface area contributed by atoms with Crippen molar-refractivity contribution in [2.45, 2.75) is 69.6 Å². The van der Waals surface area contributed by atoms with Gasteiger partial charge >= 0.3 is 0 Å². The molecule has 4 aliphatic heterocycles. The number of fused-ring (bicyclic) bond motifs is 3. The summed E-state index contributed by atoms with van der Waals surface area (Å²) in [7, 11) is 0. The van der Waals surface area contributed by atoms with E-state index < -0.39 is 18.0 Å². The lowest BCUT2D eigenvalue weighted by molar-refractivity contribution is 0.0435. The van der Waals surface area contributed by atoms with E-state index in [1.807, 2.05) is 6.07 Å². The van der Waals surface area contributed by atoms with Crippen LogP contribution in [0.25, 0.3) is 5.65 Å². The molecule has 3 aromatic rings. The monoisotopic (exact) mass is 595 g/mol. The summed E-state index contributed by atoms with van der Waals surface area (Å²) in [5.74, 6) is 0.858. The zero-order valence-electron chi connectivity index (χ0n) is 24.3. The molecule has 11 nitrogen and oxygen atoms in total. The quantitative estimate of drug-likeness (QED) is 0.428. The summed E-state index contributed by atoms with van der Waals surface area (Å²) in [4.78, 5) is 22.9. The first kappa shape index (κ1) is 27.4. The van der Waals surface area contributed by atoms with Crippen LogP contribution in [0.2, 0.25) is 0 Å². The minimum atomic E-state index is -2.80. The van der Waals surface area contributed by atoms with Crippen LogP contribution in [0.5, 0.6) is 0 Å². The normalized spacial score (nSPS) is 28.7. The number of carbonyl (C=O) groups excluding carboxylic acids is 1. The molecule has 7 heterocycles. The third-order valence-corrected chi connectivity index (χ3v) is 10.6. The van der Waals surface area contributed by atoms with E-state index in [1.165, 1.54) is 49.7 Å². The summed E-state index contributed by atoms with van der Waals surface area (Å²) in [6, 6.07) is 2.20. The Hall–Kier alpha value is -3.16.